The molecule has 0 amide bonds. The molecule has 14 heavy (non-hydrogen) atoms. The zero-order valence-corrected chi connectivity index (χ0v) is 8.53. The lowest BCUT2D eigenvalue weighted by atomic mass is 10.3. The molecule has 80 valence electrons. The molecule has 0 saturated heterocycles. The molecule has 0 aromatic carbocycles. The van der Waals surface area contributed by atoms with Gasteiger partial charge in [-0.2, -0.15) is 0 Å². The monoisotopic (exact) mass is 199 g/mol. The van der Waals surface area contributed by atoms with Crippen LogP contribution in [0.1, 0.15) is 12.8 Å². The molecule has 0 aromatic rings. The van der Waals surface area contributed by atoms with E-state index in [1.807, 2.05) is 4.90 Å². The quantitative estimate of drug-likeness (QED) is 0.662. The first-order chi connectivity index (χ1) is 6.77. The van der Waals surface area contributed by atoms with Crippen LogP contribution < -0.4 is 0 Å². The third-order valence-electron chi connectivity index (χ3n) is 2.30. The van der Waals surface area contributed by atoms with Crippen LogP contribution in [0.5, 0.6) is 0 Å². The third kappa shape index (κ3) is 3.12. The molecule has 0 fully saturated rings. The minimum Gasteiger partial charge on any atom is -0.395 e. The van der Waals surface area contributed by atoms with Crippen LogP contribution in [0, 0.1) is 0 Å². The number of hydrogen-bond acceptors (Lipinski definition) is 4. The first kappa shape index (κ1) is 11.2. The minimum atomic E-state index is 0.106. The van der Waals surface area contributed by atoms with Crippen molar-refractivity contribution in [2.24, 2.45) is 0 Å². The van der Waals surface area contributed by atoms with Crippen LogP contribution in [0.4, 0.5) is 0 Å². The van der Waals surface area contributed by atoms with Crippen molar-refractivity contribution >= 4 is 5.78 Å². The van der Waals surface area contributed by atoms with Crippen LogP contribution in [-0.2, 0) is 9.53 Å². The topological polar surface area (TPSA) is 49.8 Å². The number of carbonyl (C=O) groups is 1. The molecular weight excluding hydrogens is 182 g/mol. The Kier molecular flexibility index (Phi) is 4.62. The predicted octanol–water partition coefficient (Wildman–Crippen LogP) is 0.174. The SMILES string of the molecule is COCCN(CCO)C1=CC(=O)CC1. The van der Waals surface area contributed by atoms with Crippen molar-refractivity contribution in [3.05, 3.63) is 11.8 Å². The Labute approximate surface area is 84.2 Å². The number of methoxy groups -OCH3 is 1. The van der Waals surface area contributed by atoms with Gasteiger partial charge >= 0.3 is 0 Å². The molecule has 4 nitrogen and oxygen atoms in total. The predicted molar refractivity (Wildman–Crippen MR) is 52.9 cm³/mol. The first-order valence-corrected chi connectivity index (χ1v) is 4.86. The second-order valence-corrected chi connectivity index (χ2v) is 3.31. The van der Waals surface area contributed by atoms with Crippen molar-refractivity contribution in [2.75, 3.05) is 33.4 Å². The number of ketones is 1. The van der Waals surface area contributed by atoms with E-state index < -0.39 is 0 Å². The van der Waals surface area contributed by atoms with Crippen LogP contribution >= 0.6 is 0 Å². The van der Waals surface area contributed by atoms with Crippen molar-refractivity contribution < 1.29 is 14.6 Å². The van der Waals surface area contributed by atoms with E-state index in [0.29, 0.717) is 19.6 Å². The van der Waals surface area contributed by atoms with Crippen molar-refractivity contribution in [3.8, 4) is 0 Å². The van der Waals surface area contributed by atoms with E-state index in [1.54, 1.807) is 13.2 Å². The van der Waals surface area contributed by atoms with Gasteiger partial charge in [0.1, 0.15) is 0 Å². The Morgan fingerprint density at radius 2 is 2.29 bits per heavy atom. The lowest BCUT2D eigenvalue weighted by Gasteiger charge is -2.24. The number of rotatable bonds is 6. The molecule has 0 aromatic heterocycles. The summed E-state index contributed by atoms with van der Waals surface area (Å²) in [6.07, 6.45) is 3.07. The molecule has 0 unspecified atom stereocenters. The highest BCUT2D eigenvalue weighted by atomic mass is 16.5. The Hall–Kier alpha value is -0.870. The van der Waals surface area contributed by atoms with Gasteiger partial charge in [-0.25, -0.2) is 0 Å². The smallest absolute Gasteiger partial charge is 0.157 e. The zero-order valence-electron chi connectivity index (χ0n) is 8.53. The van der Waals surface area contributed by atoms with Crippen LogP contribution in [0.3, 0.4) is 0 Å². The van der Waals surface area contributed by atoms with Gasteiger partial charge in [0, 0.05) is 38.4 Å². The van der Waals surface area contributed by atoms with Crippen molar-refractivity contribution in [1.29, 1.82) is 0 Å². The molecule has 0 aliphatic heterocycles. The second-order valence-electron chi connectivity index (χ2n) is 3.31. The number of ether oxygens (including phenoxy) is 1. The number of aliphatic hydroxyl groups excluding tert-OH is 1. The van der Waals surface area contributed by atoms with Crippen LogP contribution in [0.15, 0.2) is 11.8 Å². The Morgan fingerprint density at radius 3 is 2.79 bits per heavy atom. The zero-order chi connectivity index (χ0) is 10.4. The maximum Gasteiger partial charge on any atom is 0.157 e. The lowest BCUT2D eigenvalue weighted by molar-refractivity contribution is -0.114. The normalized spacial score (nSPS) is 15.9. The van der Waals surface area contributed by atoms with E-state index in [4.69, 9.17) is 9.84 Å². The molecule has 1 N–H and O–H groups in total. The van der Waals surface area contributed by atoms with E-state index in [-0.39, 0.29) is 12.4 Å². The molecule has 0 saturated carbocycles. The fraction of sp³-hybridized carbons (Fsp3) is 0.700. The molecule has 0 bridgehead atoms. The van der Waals surface area contributed by atoms with Gasteiger partial charge < -0.3 is 14.7 Å². The Bertz CT molecular complexity index is 225. The average Bonchev–Trinajstić information content (AvgIpc) is 2.59. The minimum absolute atomic E-state index is 0.106. The summed E-state index contributed by atoms with van der Waals surface area (Å²) in [4.78, 5) is 13.0. The van der Waals surface area contributed by atoms with Gasteiger partial charge in [-0.3, -0.25) is 4.79 Å². The summed E-state index contributed by atoms with van der Waals surface area (Å²) in [7, 11) is 1.64. The Balaban J connectivity index is 2.48. The summed E-state index contributed by atoms with van der Waals surface area (Å²) < 4.78 is 4.97. The van der Waals surface area contributed by atoms with E-state index in [9.17, 15) is 4.79 Å². The van der Waals surface area contributed by atoms with E-state index in [2.05, 4.69) is 0 Å². The summed E-state index contributed by atoms with van der Waals surface area (Å²) in [6.45, 7) is 2.03. The molecular formula is C10H17NO3. The van der Waals surface area contributed by atoms with Gasteiger partial charge in [0.15, 0.2) is 5.78 Å². The first-order valence-electron chi connectivity index (χ1n) is 4.86. The third-order valence-corrected chi connectivity index (χ3v) is 2.30. The molecule has 0 spiro atoms. The molecule has 1 aliphatic rings. The molecule has 1 aliphatic carbocycles. The highest BCUT2D eigenvalue weighted by molar-refractivity contribution is 5.92. The summed E-state index contributed by atoms with van der Waals surface area (Å²) in [5.41, 5.74) is 1.03. The fourth-order valence-corrected chi connectivity index (χ4v) is 1.55. The van der Waals surface area contributed by atoms with E-state index >= 15 is 0 Å². The van der Waals surface area contributed by atoms with Crippen LogP contribution in [0.2, 0.25) is 0 Å². The van der Waals surface area contributed by atoms with Gasteiger partial charge in [0.05, 0.1) is 13.2 Å². The molecule has 0 heterocycles. The van der Waals surface area contributed by atoms with E-state index in [1.165, 1.54) is 0 Å². The molecule has 1 rings (SSSR count). The molecule has 4 heteroatoms. The number of carbonyl (C=O) groups excluding carboxylic acids is 1. The van der Waals surface area contributed by atoms with Gasteiger partial charge in [-0.15, -0.1) is 0 Å². The van der Waals surface area contributed by atoms with Crippen LogP contribution in [-0.4, -0.2) is 49.2 Å². The van der Waals surface area contributed by atoms with Crippen LogP contribution in [0.25, 0.3) is 0 Å². The maximum atomic E-state index is 11.0. The number of hydrogen-bond donors (Lipinski definition) is 1. The summed E-state index contributed by atoms with van der Waals surface area (Å²) in [5, 5.41) is 8.87. The highest BCUT2D eigenvalue weighted by Crippen LogP contribution is 2.18. The maximum absolute atomic E-state index is 11.0. The van der Waals surface area contributed by atoms with Gasteiger partial charge in [-0.1, -0.05) is 0 Å². The van der Waals surface area contributed by atoms with Crippen molar-refractivity contribution in [1.82, 2.24) is 4.90 Å². The second kappa shape index (κ2) is 5.78. The Morgan fingerprint density at radius 1 is 1.50 bits per heavy atom. The van der Waals surface area contributed by atoms with Gasteiger partial charge in [-0.05, 0) is 6.42 Å². The highest BCUT2D eigenvalue weighted by Gasteiger charge is 2.17. The molecule has 0 atom stereocenters. The molecule has 0 radical (unpaired) electrons. The number of aliphatic hydroxyl groups is 1. The number of nitrogens with zero attached hydrogens (tertiary/aromatic N) is 1. The number of allylic oxidation sites excluding steroid dienone is 2. The van der Waals surface area contributed by atoms with Crippen molar-refractivity contribution in [3.63, 3.8) is 0 Å². The average molecular weight is 199 g/mol. The standard InChI is InChI=1S/C10H17NO3/c1-14-7-5-11(4-6-12)9-2-3-10(13)8-9/h8,12H,2-7H2,1H3. The van der Waals surface area contributed by atoms with E-state index in [0.717, 1.165) is 18.7 Å². The van der Waals surface area contributed by atoms with Gasteiger partial charge in [0.2, 0.25) is 0 Å². The summed E-state index contributed by atoms with van der Waals surface area (Å²) in [6, 6.07) is 0. The van der Waals surface area contributed by atoms with Crippen molar-refractivity contribution in [2.45, 2.75) is 12.8 Å². The van der Waals surface area contributed by atoms with Gasteiger partial charge in [0.25, 0.3) is 0 Å². The lowest BCUT2D eigenvalue weighted by Crippen LogP contribution is -2.29. The summed E-state index contributed by atoms with van der Waals surface area (Å²) in [5.74, 6) is 0.181. The summed E-state index contributed by atoms with van der Waals surface area (Å²) >= 11 is 0. The largest absolute Gasteiger partial charge is 0.395 e. The fourth-order valence-electron chi connectivity index (χ4n) is 1.55.